The number of benzene rings is 1. The van der Waals surface area contributed by atoms with Crippen molar-refractivity contribution in [1.82, 2.24) is 9.55 Å². The highest BCUT2D eigenvalue weighted by atomic mass is 35.5. The van der Waals surface area contributed by atoms with Crippen molar-refractivity contribution in [3.05, 3.63) is 29.0 Å². The number of halogens is 1. The Morgan fingerprint density at radius 1 is 1.53 bits per heavy atom. The molecule has 0 amide bonds. The molecule has 0 aliphatic heterocycles. The number of nitrogens with two attached hydrogens (primary N) is 1. The summed E-state index contributed by atoms with van der Waals surface area (Å²) in [5, 5.41) is 0.772. The van der Waals surface area contributed by atoms with Crippen LogP contribution >= 0.6 is 11.6 Å². The van der Waals surface area contributed by atoms with Crippen molar-refractivity contribution in [3.63, 3.8) is 0 Å². The minimum Gasteiger partial charge on any atom is -0.327 e. The molecule has 1 saturated carbocycles. The molecule has 19 heavy (non-hydrogen) atoms. The van der Waals surface area contributed by atoms with Crippen LogP contribution in [-0.4, -0.2) is 15.6 Å². The molecule has 0 saturated heterocycles. The number of hydrogen-bond donors (Lipinski definition) is 1. The number of aromatic nitrogens is 2. The van der Waals surface area contributed by atoms with Crippen molar-refractivity contribution >= 4 is 22.6 Å². The number of fused-ring (bicyclic) bond motifs is 1. The van der Waals surface area contributed by atoms with E-state index < -0.39 is 0 Å². The van der Waals surface area contributed by atoms with E-state index in [1.165, 1.54) is 6.42 Å². The van der Waals surface area contributed by atoms with E-state index in [0.29, 0.717) is 0 Å². The minimum absolute atomic E-state index is 0.0294. The summed E-state index contributed by atoms with van der Waals surface area (Å²) < 4.78 is 2.24. The van der Waals surface area contributed by atoms with Crippen LogP contribution in [0.3, 0.4) is 0 Å². The smallest absolute Gasteiger partial charge is 0.117 e. The molecule has 0 spiro atoms. The van der Waals surface area contributed by atoms with Gasteiger partial charge in [0.2, 0.25) is 0 Å². The Hall–Kier alpha value is -1.06. The lowest BCUT2D eigenvalue weighted by Crippen LogP contribution is -2.40. The van der Waals surface area contributed by atoms with Crippen LogP contribution in [0.4, 0.5) is 0 Å². The van der Waals surface area contributed by atoms with Gasteiger partial charge in [-0.25, -0.2) is 4.98 Å². The zero-order valence-electron chi connectivity index (χ0n) is 11.5. The zero-order chi connectivity index (χ0) is 13.6. The van der Waals surface area contributed by atoms with E-state index in [2.05, 4.69) is 18.4 Å². The normalized spacial score (nSPS) is 27.3. The molecule has 1 aliphatic rings. The van der Waals surface area contributed by atoms with Gasteiger partial charge in [0, 0.05) is 18.0 Å². The molecule has 1 fully saturated rings. The molecule has 0 bridgehead atoms. The molecule has 102 valence electrons. The minimum atomic E-state index is -0.0294. The number of rotatable bonds is 2. The molecule has 2 unspecified atom stereocenters. The van der Waals surface area contributed by atoms with Crippen LogP contribution in [0.1, 0.15) is 38.9 Å². The summed E-state index contributed by atoms with van der Waals surface area (Å²) >= 11 is 6.35. The Morgan fingerprint density at radius 3 is 2.95 bits per heavy atom. The monoisotopic (exact) mass is 277 g/mol. The van der Waals surface area contributed by atoms with E-state index in [-0.39, 0.29) is 11.5 Å². The third-order valence-corrected chi connectivity index (χ3v) is 4.88. The van der Waals surface area contributed by atoms with Gasteiger partial charge in [-0.15, -0.1) is 0 Å². The fourth-order valence-electron chi connectivity index (χ4n) is 3.36. The maximum atomic E-state index is 6.35. The lowest BCUT2D eigenvalue weighted by atomic mass is 9.84. The van der Waals surface area contributed by atoms with Crippen molar-refractivity contribution in [1.29, 1.82) is 0 Å². The molecule has 4 heteroatoms. The van der Waals surface area contributed by atoms with Gasteiger partial charge in [0.25, 0.3) is 0 Å². The van der Waals surface area contributed by atoms with Gasteiger partial charge >= 0.3 is 0 Å². The van der Waals surface area contributed by atoms with Crippen molar-refractivity contribution in [2.45, 2.75) is 51.1 Å². The molecule has 2 aromatic rings. The van der Waals surface area contributed by atoms with E-state index in [9.17, 15) is 0 Å². The van der Waals surface area contributed by atoms with Gasteiger partial charge in [-0.3, -0.25) is 0 Å². The Kier molecular flexibility index (Phi) is 3.06. The molecule has 2 atom stereocenters. The molecule has 3 rings (SSSR count). The summed E-state index contributed by atoms with van der Waals surface area (Å²) in [5.74, 6) is 1.10. The topological polar surface area (TPSA) is 43.8 Å². The second-order valence-electron chi connectivity index (χ2n) is 5.70. The summed E-state index contributed by atoms with van der Waals surface area (Å²) in [6.45, 7) is 5.25. The Balaban J connectivity index is 2.27. The van der Waals surface area contributed by atoms with Gasteiger partial charge in [0.05, 0.1) is 16.1 Å². The number of aryl methyl sites for hydroxylation is 1. The highest BCUT2D eigenvalue weighted by Gasteiger charge is 2.41. The summed E-state index contributed by atoms with van der Waals surface area (Å²) in [5.41, 5.74) is 8.33. The predicted molar refractivity (Wildman–Crippen MR) is 79.6 cm³/mol. The molecule has 1 aromatic carbocycles. The highest BCUT2D eigenvalue weighted by molar-refractivity contribution is 6.35. The van der Waals surface area contributed by atoms with Crippen LogP contribution in [0.5, 0.6) is 0 Å². The van der Waals surface area contributed by atoms with Gasteiger partial charge in [-0.05, 0) is 31.9 Å². The molecule has 1 aliphatic carbocycles. The Bertz CT molecular complexity index is 619. The second kappa shape index (κ2) is 4.50. The number of nitrogens with zero attached hydrogens (tertiary/aromatic N) is 2. The molecule has 1 aromatic heterocycles. The fourth-order valence-corrected chi connectivity index (χ4v) is 3.63. The van der Waals surface area contributed by atoms with Crippen molar-refractivity contribution in [2.75, 3.05) is 0 Å². The predicted octanol–water partition coefficient (Wildman–Crippen LogP) is 3.48. The zero-order valence-corrected chi connectivity index (χ0v) is 12.2. The van der Waals surface area contributed by atoms with Gasteiger partial charge in [-0.2, -0.15) is 0 Å². The number of imidazole rings is 1. The first-order valence-electron chi connectivity index (χ1n) is 6.98. The summed E-state index contributed by atoms with van der Waals surface area (Å²) in [4.78, 5) is 4.85. The molecule has 1 heterocycles. The molecular weight excluding hydrogens is 258 g/mol. The van der Waals surface area contributed by atoms with Crippen molar-refractivity contribution < 1.29 is 0 Å². The molecule has 3 nitrogen and oxygen atoms in total. The van der Waals surface area contributed by atoms with Gasteiger partial charge in [-0.1, -0.05) is 31.0 Å². The molecule has 0 radical (unpaired) electrons. The van der Waals surface area contributed by atoms with Crippen LogP contribution in [0.2, 0.25) is 5.02 Å². The van der Waals surface area contributed by atoms with Gasteiger partial charge in [0.1, 0.15) is 5.82 Å². The van der Waals surface area contributed by atoms with Crippen LogP contribution in [0.15, 0.2) is 18.2 Å². The summed E-state index contributed by atoms with van der Waals surface area (Å²) in [7, 11) is 0. The first kappa shape index (κ1) is 12.9. The standard InChI is InChI=1S/C15H20ClN3/c1-3-19-13-10(16)6-4-7-11(13)18-14(19)15(2)9-5-8-12(15)17/h4,6-7,12H,3,5,8-9,17H2,1-2H3. The van der Waals surface area contributed by atoms with Crippen molar-refractivity contribution in [3.8, 4) is 0 Å². The van der Waals surface area contributed by atoms with E-state index in [0.717, 1.165) is 41.3 Å². The van der Waals surface area contributed by atoms with E-state index in [1.54, 1.807) is 0 Å². The average Bonchev–Trinajstić information content (AvgIpc) is 2.93. The van der Waals surface area contributed by atoms with Crippen LogP contribution in [0, 0.1) is 0 Å². The Morgan fingerprint density at radius 2 is 2.32 bits per heavy atom. The van der Waals surface area contributed by atoms with Crippen LogP contribution in [-0.2, 0) is 12.0 Å². The van der Waals surface area contributed by atoms with Gasteiger partial charge < -0.3 is 10.3 Å². The first-order chi connectivity index (χ1) is 9.08. The van der Waals surface area contributed by atoms with Gasteiger partial charge in [0.15, 0.2) is 0 Å². The van der Waals surface area contributed by atoms with E-state index in [4.69, 9.17) is 22.3 Å². The van der Waals surface area contributed by atoms with E-state index in [1.807, 2.05) is 18.2 Å². The van der Waals surface area contributed by atoms with Crippen molar-refractivity contribution in [2.24, 2.45) is 5.73 Å². The highest BCUT2D eigenvalue weighted by Crippen LogP contribution is 2.41. The molecule has 2 N–H and O–H groups in total. The third-order valence-electron chi connectivity index (χ3n) is 4.57. The number of para-hydroxylation sites is 1. The third kappa shape index (κ3) is 1.79. The second-order valence-corrected chi connectivity index (χ2v) is 6.11. The first-order valence-corrected chi connectivity index (χ1v) is 7.36. The average molecular weight is 278 g/mol. The SMILES string of the molecule is CCn1c(C2(C)CCCC2N)nc2cccc(Cl)c21. The fraction of sp³-hybridized carbons (Fsp3) is 0.533. The maximum Gasteiger partial charge on any atom is 0.117 e. The largest absolute Gasteiger partial charge is 0.327 e. The maximum absolute atomic E-state index is 6.35. The van der Waals surface area contributed by atoms with E-state index >= 15 is 0 Å². The molecular formula is C15H20ClN3. The number of hydrogen-bond acceptors (Lipinski definition) is 2. The van der Waals surface area contributed by atoms with Crippen LogP contribution in [0.25, 0.3) is 11.0 Å². The van der Waals surface area contributed by atoms with Crippen LogP contribution < -0.4 is 5.73 Å². The summed E-state index contributed by atoms with van der Waals surface area (Å²) in [6.07, 6.45) is 3.37. The Labute approximate surface area is 118 Å². The summed E-state index contributed by atoms with van der Waals surface area (Å²) in [6, 6.07) is 6.10. The lowest BCUT2D eigenvalue weighted by Gasteiger charge is -2.29. The quantitative estimate of drug-likeness (QED) is 0.913. The lowest BCUT2D eigenvalue weighted by molar-refractivity contribution is 0.389.